The molecule has 3 aromatic carbocycles. The minimum absolute atomic E-state index is 0.0563. The Balaban J connectivity index is 2.13. The fourth-order valence-corrected chi connectivity index (χ4v) is 2.77. The Bertz CT molecular complexity index is 1160. The summed E-state index contributed by atoms with van der Waals surface area (Å²) in [5.74, 6) is -1.26. The fourth-order valence-electron chi connectivity index (χ4n) is 2.77. The van der Waals surface area contributed by atoms with Gasteiger partial charge in [-0.25, -0.2) is 0 Å². The maximum atomic E-state index is 12.5. The van der Waals surface area contributed by atoms with Crippen LogP contribution in [0.15, 0.2) is 63.8 Å². The molecular formula is C19H12O5. The zero-order chi connectivity index (χ0) is 16.8. The zero-order valence-electron chi connectivity index (χ0n) is 12.4. The first kappa shape index (κ1) is 14.1. The lowest BCUT2D eigenvalue weighted by Gasteiger charge is -2.09. The first-order valence-electron chi connectivity index (χ1n) is 7.26. The normalized spacial score (nSPS) is 11.2. The second-order valence-electron chi connectivity index (χ2n) is 5.48. The van der Waals surface area contributed by atoms with E-state index in [9.17, 15) is 20.1 Å². The van der Waals surface area contributed by atoms with Crippen molar-refractivity contribution in [3.8, 4) is 28.6 Å². The van der Waals surface area contributed by atoms with Crippen molar-refractivity contribution in [1.82, 2.24) is 0 Å². The Morgan fingerprint density at radius 3 is 2.38 bits per heavy atom. The maximum Gasteiger partial charge on any atom is 0.235 e. The molecule has 0 amide bonds. The summed E-state index contributed by atoms with van der Waals surface area (Å²) in [6.45, 7) is 0. The molecule has 1 aromatic heterocycles. The van der Waals surface area contributed by atoms with Gasteiger partial charge < -0.3 is 19.7 Å². The molecule has 0 spiro atoms. The summed E-state index contributed by atoms with van der Waals surface area (Å²) >= 11 is 0. The van der Waals surface area contributed by atoms with Crippen molar-refractivity contribution < 1.29 is 19.7 Å². The fraction of sp³-hybridized carbons (Fsp3) is 0. The average molecular weight is 320 g/mol. The molecule has 24 heavy (non-hydrogen) atoms. The van der Waals surface area contributed by atoms with Crippen LogP contribution >= 0.6 is 0 Å². The van der Waals surface area contributed by atoms with E-state index in [0.717, 1.165) is 10.8 Å². The molecule has 0 aliphatic carbocycles. The Labute approximate surface area is 135 Å². The van der Waals surface area contributed by atoms with Gasteiger partial charge in [0, 0.05) is 10.9 Å². The van der Waals surface area contributed by atoms with E-state index in [1.807, 2.05) is 24.3 Å². The topological polar surface area (TPSA) is 90.9 Å². The molecule has 0 aliphatic rings. The van der Waals surface area contributed by atoms with E-state index in [0.29, 0.717) is 5.58 Å². The van der Waals surface area contributed by atoms with Crippen LogP contribution in [-0.4, -0.2) is 15.3 Å². The molecule has 5 nitrogen and oxygen atoms in total. The number of phenolic OH excluding ortho intramolecular Hbond substituents is 2. The van der Waals surface area contributed by atoms with Crippen molar-refractivity contribution in [2.75, 3.05) is 0 Å². The minimum atomic E-state index is -0.551. The van der Waals surface area contributed by atoms with Crippen molar-refractivity contribution in [2.24, 2.45) is 0 Å². The summed E-state index contributed by atoms with van der Waals surface area (Å²) < 4.78 is 5.82. The van der Waals surface area contributed by atoms with Crippen LogP contribution in [0.1, 0.15) is 0 Å². The highest BCUT2D eigenvalue weighted by Crippen LogP contribution is 2.36. The lowest BCUT2D eigenvalue weighted by molar-refractivity contribution is 0.403. The lowest BCUT2D eigenvalue weighted by atomic mass is 10.0. The monoisotopic (exact) mass is 320 g/mol. The van der Waals surface area contributed by atoms with Gasteiger partial charge in [0.1, 0.15) is 5.58 Å². The van der Waals surface area contributed by atoms with Crippen LogP contribution in [0.4, 0.5) is 0 Å². The summed E-state index contributed by atoms with van der Waals surface area (Å²) in [6, 6.07) is 14.8. The van der Waals surface area contributed by atoms with Crippen LogP contribution in [0.25, 0.3) is 33.1 Å². The predicted molar refractivity (Wildman–Crippen MR) is 90.4 cm³/mol. The van der Waals surface area contributed by atoms with E-state index < -0.39 is 11.2 Å². The van der Waals surface area contributed by atoms with Crippen molar-refractivity contribution >= 4 is 21.7 Å². The molecule has 118 valence electrons. The van der Waals surface area contributed by atoms with Gasteiger partial charge in [-0.05, 0) is 29.7 Å². The summed E-state index contributed by atoms with van der Waals surface area (Å²) in [6.07, 6.45) is 0. The molecule has 1 heterocycles. The van der Waals surface area contributed by atoms with Gasteiger partial charge >= 0.3 is 0 Å². The Kier molecular flexibility index (Phi) is 2.96. The molecule has 4 aromatic rings. The molecule has 0 fully saturated rings. The number of rotatable bonds is 1. The number of hydrogen-bond donors (Lipinski definition) is 3. The third-order valence-electron chi connectivity index (χ3n) is 4.00. The molecule has 0 saturated heterocycles. The Hall–Kier alpha value is -3.47. The molecule has 0 radical (unpaired) electrons. The molecule has 4 rings (SSSR count). The predicted octanol–water partition coefficient (Wildman–Crippen LogP) is 3.73. The van der Waals surface area contributed by atoms with Crippen molar-refractivity contribution in [3.05, 3.63) is 64.8 Å². The van der Waals surface area contributed by atoms with Crippen LogP contribution < -0.4 is 5.43 Å². The highest BCUT2D eigenvalue weighted by Gasteiger charge is 2.17. The molecule has 5 heteroatoms. The van der Waals surface area contributed by atoms with E-state index in [4.69, 9.17) is 4.42 Å². The number of fused-ring (bicyclic) bond motifs is 3. The quantitative estimate of drug-likeness (QED) is 0.367. The summed E-state index contributed by atoms with van der Waals surface area (Å²) in [7, 11) is 0. The summed E-state index contributed by atoms with van der Waals surface area (Å²) in [5, 5.41) is 31.2. The van der Waals surface area contributed by atoms with Gasteiger partial charge in [-0.1, -0.05) is 30.3 Å². The number of phenols is 2. The molecule has 0 atom stereocenters. The van der Waals surface area contributed by atoms with Crippen molar-refractivity contribution in [1.29, 1.82) is 0 Å². The number of hydrogen-bond acceptors (Lipinski definition) is 5. The Morgan fingerprint density at radius 1 is 0.792 bits per heavy atom. The molecule has 0 bridgehead atoms. The van der Waals surface area contributed by atoms with Crippen molar-refractivity contribution in [2.45, 2.75) is 0 Å². The zero-order valence-corrected chi connectivity index (χ0v) is 12.4. The molecule has 0 unspecified atom stereocenters. The second-order valence-corrected chi connectivity index (χ2v) is 5.48. The van der Waals surface area contributed by atoms with Gasteiger partial charge in [0.2, 0.25) is 11.2 Å². The van der Waals surface area contributed by atoms with Gasteiger partial charge in [-0.15, -0.1) is 0 Å². The Morgan fingerprint density at radius 2 is 1.58 bits per heavy atom. The highest BCUT2D eigenvalue weighted by molar-refractivity contribution is 6.04. The first-order chi connectivity index (χ1) is 11.6. The van der Waals surface area contributed by atoms with E-state index in [2.05, 4.69) is 0 Å². The van der Waals surface area contributed by atoms with E-state index >= 15 is 0 Å². The third kappa shape index (κ3) is 1.99. The van der Waals surface area contributed by atoms with Gasteiger partial charge in [0.25, 0.3) is 0 Å². The van der Waals surface area contributed by atoms with Crippen LogP contribution in [-0.2, 0) is 0 Å². The van der Waals surface area contributed by atoms with Gasteiger partial charge in [0.05, 0.1) is 5.39 Å². The van der Waals surface area contributed by atoms with Crippen LogP contribution in [0.3, 0.4) is 0 Å². The van der Waals surface area contributed by atoms with Gasteiger partial charge in [-0.2, -0.15) is 0 Å². The number of aromatic hydroxyl groups is 3. The van der Waals surface area contributed by atoms with E-state index in [-0.39, 0.29) is 28.2 Å². The van der Waals surface area contributed by atoms with Crippen molar-refractivity contribution in [3.63, 3.8) is 0 Å². The van der Waals surface area contributed by atoms with Crippen LogP contribution in [0.5, 0.6) is 17.2 Å². The van der Waals surface area contributed by atoms with Crippen LogP contribution in [0.2, 0.25) is 0 Å². The minimum Gasteiger partial charge on any atom is -0.504 e. The lowest BCUT2D eigenvalue weighted by Crippen LogP contribution is -2.02. The molecular weight excluding hydrogens is 308 g/mol. The molecule has 0 saturated carbocycles. The van der Waals surface area contributed by atoms with E-state index in [1.165, 1.54) is 18.2 Å². The largest absolute Gasteiger partial charge is 0.504 e. The smallest absolute Gasteiger partial charge is 0.235 e. The summed E-state index contributed by atoms with van der Waals surface area (Å²) in [5.41, 5.74) is 0.0952. The SMILES string of the molecule is O=c1c(O)c(-c2ccc(O)c(O)c2)oc2c1ccc1ccccc12. The molecule has 3 N–H and O–H groups in total. The van der Waals surface area contributed by atoms with Crippen LogP contribution in [0, 0.1) is 0 Å². The molecule has 0 aliphatic heterocycles. The average Bonchev–Trinajstić information content (AvgIpc) is 2.60. The standard InChI is InChI=1S/C19H12O5/c20-14-8-6-11(9-15(14)21)18-17(23)16(22)13-7-5-10-3-1-2-4-12(10)19(13)24-18/h1-9,20-21,23H. The van der Waals surface area contributed by atoms with Gasteiger partial charge in [0.15, 0.2) is 17.3 Å². The number of benzene rings is 3. The third-order valence-corrected chi connectivity index (χ3v) is 4.00. The highest BCUT2D eigenvalue weighted by atomic mass is 16.4. The second kappa shape index (κ2) is 5.03. The maximum absolute atomic E-state index is 12.5. The summed E-state index contributed by atoms with van der Waals surface area (Å²) in [4.78, 5) is 12.5. The van der Waals surface area contributed by atoms with E-state index in [1.54, 1.807) is 12.1 Å². The van der Waals surface area contributed by atoms with Gasteiger partial charge in [-0.3, -0.25) is 4.79 Å². The first-order valence-corrected chi connectivity index (χ1v) is 7.26.